The smallest absolute Gasteiger partial charge is 0.265 e. The van der Waals surface area contributed by atoms with Gasteiger partial charge in [-0.3, -0.25) is 10.3 Å². The van der Waals surface area contributed by atoms with Crippen molar-refractivity contribution in [2.24, 2.45) is 0 Å². The Balaban J connectivity index is 2.14. The largest absolute Gasteiger partial charge is 0.428 e. The average Bonchev–Trinajstić information content (AvgIpc) is 3.00. The van der Waals surface area contributed by atoms with Gasteiger partial charge in [0.05, 0.1) is 11.3 Å². The summed E-state index contributed by atoms with van der Waals surface area (Å²) in [5.74, 6) is -0.858. The summed E-state index contributed by atoms with van der Waals surface area (Å²) in [6, 6.07) is 8.51. The molecule has 134 valence electrons. The van der Waals surface area contributed by atoms with Crippen molar-refractivity contribution in [3.05, 3.63) is 75.0 Å². The molecule has 0 spiro atoms. The summed E-state index contributed by atoms with van der Waals surface area (Å²) in [5, 5.41) is 8.76. The first-order valence-electron chi connectivity index (χ1n) is 7.06. The minimum atomic E-state index is -4.86. The van der Waals surface area contributed by atoms with E-state index in [1.807, 2.05) is 0 Å². The van der Waals surface area contributed by atoms with E-state index in [1.54, 1.807) is 6.07 Å². The third-order valence-electron chi connectivity index (χ3n) is 3.78. The van der Waals surface area contributed by atoms with Crippen molar-refractivity contribution in [3.8, 4) is 6.07 Å². The molecule has 0 amide bonds. The van der Waals surface area contributed by atoms with Gasteiger partial charge >= 0.3 is 6.18 Å². The highest BCUT2D eigenvalue weighted by Crippen LogP contribution is 2.48. The predicted molar refractivity (Wildman–Crippen MR) is 87.5 cm³/mol. The molecule has 2 aromatic rings. The molecule has 1 aliphatic heterocycles. The second-order valence-electron chi connectivity index (χ2n) is 5.46. The molecule has 2 aromatic carbocycles. The van der Waals surface area contributed by atoms with E-state index in [4.69, 9.17) is 33.3 Å². The topological polar surface area (TPSA) is 45.0 Å². The average molecular weight is 403 g/mol. The number of nitrogens with zero attached hydrogens (tertiary/aromatic N) is 1. The zero-order valence-electron chi connectivity index (χ0n) is 12.7. The summed E-state index contributed by atoms with van der Waals surface area (Å²) >= 11 is 11.6. The van der Waals surface area contributed by atoms with Gasteiger partial charge in [0.1, 0.15) is 11.9 Å². The van der Waals surface area contributed by atoms with Crippen LogP contribution in [0.25, 0.3) is 5.70 Å². The van der Waals surface area contributed by atoms with Crippen molar-refractivity contribution in [2.45, 2.75) is 11.8 Å². The highest BCUT2D eigenvalue weighted by atomic mass is 35.5. The van der Waals surface area contributed by atoms with E-state index in [-0.39, 0.29) is 32.4 Å². The van der Waals surface area contributed by atoms with Crippen molar-refractivity contribution < 1.29 is 22.4 Å². The molecule has 0 saturated carbocycles. The molecule has 3 rings (SSSR count). The number of hydroxylamine groups is 1. The van der Waals surface area contributed by atoms with Crippen LogP contribution in [0.15, 0.2) is 42.5 Å². The molecule has 0 radical (unpaired) electrons. The molecule has 1 aliphatic rings. The minimum absolute atomic E-state index is 0.00555. The lowest BCUT2D eigenvalue weighted by atomic mass is 9.91. The Morgan fingerprint density at radius 1 is 1.08 bits per heavy atom. The number of alkyl halides is 3. The van der Waals surface area contributed by atoms with Gasteiger partial charge in [0.25, 0.3) is 0 Å². The third-order valence-corrected chi connectivity index (χ3v) is 4.22. The first-order chi connectivity index (χ1) is 12.2. The predicted octanol–water partition coefficient (Wildman–Crippen LogP) is 5.34. The Bertz CT molecular complexity index is 933. The van der Waals surface area contributed by atoms with Crippen LogP contribution in [0, 0.1) is 17.1 Å². The fraction of sp³-hybridized carbons (Fsp3) is 0.118. The highest BCUT2D eigenvalue weighted by molar-refractivity contribution is 6.34. The fourth-order valence-corrected chi connectivity index (χ4v) is 3.05. The maximum atomic E-state index is 13.8. The summed E-state index contributed by atoms with van der Waals surface area (Å²) in [6.07, 6.45) is -4.09. The van der Waals surface area contributed by atoms with Crippen LogP contribution in [0.3, 0.4) is 0 Å². The Kier molecular flexibility index (Phi) is 4.61. The van der Waals surface area contributed by atoms with Crippen molar-refractivity contribution in [2.75, 3.05) is 0 Å². The van der Waals surface area contributed by atoms with E-state index >= 15 is 0 Å². The van der Waals surface area contributed by atoms with E-state index in [1.165, 1.54) is 12.1 Å². The lowest BCUT2D eigenvalue weighted by Crippen LogP contribution is -2.42. The van der Waals surface area contributed by atoms with Crippen molar-refractivity contribution >= 4 is 28.9 Å². The van der Waals surface area contributed by atoms with Gasteiger partial charge in [-0.25, -0.2) is 4.39 Å². The van der Waals surface area contributed by atoms with Gasteiger partial charge in [0.15, 0.2) is 0 Å². The number of benzene rings is 2. The summed E-state index contributed by atoms with van der Waals surface area (Å²) in [7, 11) is 0. The number of nitrogens with one attached hydrogen (secondary N) is 1. The number of hydrogen-bond acceptors (Lipinski definition) is 3. The molecule has 0 aromatic heterocycles. The molecule has 1 N–H and O–H groups in total. The van der Waals surface area contributed by atoms with Crippen LogP contribution >= 0.6 is 23.2 Å². The van der Waals surface area contributed by atoms with Crippen molar-refractivity contribution in [3.63, 3.8) is 0 Å². The van der Waals surface area contributed by atoms with Gasteiger partial charge in [-0.15, -0.1) is 0 Å². The van der Waals surface area contributed by atoms with Gasteiger partial charge in [-0.2, -0.15) is 18.4 Å². The van der Waals surface area contributed by atoms with Gasteiger partial charge < -0.3 is 0 Å². The van der Waals surface area contributed by atoms with E-state index in [0.717, 1.165) is 30.3 Å². The Labute approximate surface area is 155 Å². The summed E-state index contributed by atoms with van der Waals surface area (Å²) < 4.78 is 55.3. The maximum absolute atomic E-state index is 13.8. The third kappa shape index (κ3) is 3.12. The van der Waals surface area contributed by atoms with Gasteiger partial charge in [-0.1, -0.05) is 29.3 Å². The zero-order valence-corrected chi connectivity index (χ0v) is 14.2. The molecule has 0 bridgehead atoms. The van der Waals surface area contributed by atoms with E-state index in [2.05, 4.69) is 5.48 Å². The van der Waals surface area contributed by atoms with E-state index < -0.39 is 17.6 Å². The maximum Gasteiger partial charge on any atom is 0.428 e. The van der Waals surface area contributed by atoms with Gasteiger partial charge in [-0.05, 0) is 36.4 Å². The first kappa shape index (κ1) is 18.5. The second-order valence-corrected chi connectivity index (χ2v) is 6.33. The van der Waals surface area contributed by atoms with E-state index in [9.17, 15) is 17.6 Å². The lowest BCUT2D eigenvalue weighted by molar-refractivity contribution is -0.269. The van der Waals surface area contributed by atoms with Crippen LogP contribution in [-0.2, 0) is 10.4 Å². The molecule has 1 unspecified atom stereocenters. The SMILES string of the molecule is N#Cc1ccc(C2=CC(c3cc(Cl)cc(Cl)c3)(C(F)(F)F)ON2)cc1F. The van der Waals surface area contributed by atoms with Gasteiger partial charge in [0.2, 0.25) is 5.60 Å². The van der Waals surface area contributed by atoms with Crippen LogP contribution in [0.1, 0.15) is 16.7 Å². The molecule has 26 heavy (non-hydrogen) atoms. The molecule has 0 fully saturated rings. The van der Waals surface area contributed by atoms with E-state index in [0.29, 0.717) is 0 Å². The summed E-state index contributed by atoms with van der Waals surface area (Å²) in [5.41, 5.74) is -1.27. The second kappa shape index (κ2) is 6.47. The van der Waals surface area contributed by atoms with Crippen LogP contribution in [-0.4, -0.2) is 6.18 Å². The molecule has 3 nitrogen and oxygen atoms in total. The lowest BCUT2D eigenvalue weighted by Gasteiger charge is -2.28. The van der Waals surface area contributed by atoms with Gasteiger partial charge in [0, 0.05) is 21.2 Å². The monoisotopic (exact) mass is 402 g/mol. The van der Waals surface area contributed by atoms with Crippen LogP contribution in [0.5, 0.6) is 0 Å². The molecule has 0 saturated heterocycles. The number of nitriles is 1. The molecule has 9 heteroatoms. The Hall–Kier alpha value is -2.27. The summed E-state index contributed by atoms with van der Waals surface area (Å²) in [4.78, 5) is 4.89. The quantitative estimate of drug-likeness (QED) is 0.689. The first-order valence-corrected chi connectivity index (χ1v) is 7.82. The number of halogens is 6. The van der Waals surface area contributed by atoms with Crippen LogP contribution < -0.4 is 5.48 Å². The van der Waals surface area contributed by atoms with Crippen LogP contribution in [0.2, 0.25) is 10.0 Å². The number of rotatable bonds is 2. The number of hydrogen-bond donors (Lipinski definition) is 1. The molecule has 0 aliphatic carbocycles. The minimum Gasteiger partial charge on any atom is -0.265 e. The molecular weight excluding hydrogens is 395 g/mol. The van der Waals surface area contributed by atoms with Crippen LogP contribution in [0.4, 0.5) is 17.6 Å². The van der Waals surface area contributed by atoms with Crippen molar-refractivity contribution in [1.29, 1.82) is 5.26 Å². The zero-order chi connectivity index (χ0) is 19.1. The summed E-state index contributed by atoms with van der Waals surface area (Å²) in [6.45, 7) is 0. The normalized spacial score (nSPS) is 19.7. The fourth-order valence-electron chi connectivity index (χ4n) is 2.53. The highest BCUT2D eigenvalue weighted by Gasteiger charge is 2.59. The van der Waals surface area contributed by atoms with Crippen molar-refractivity contribution in [1.82, 2.24) is 5.48 Å². The Morgan fingerprint density at radius 2 is 1.73 bits per heavy atom. The molecule has 1 atom stereocenters. The standard InChI is InChI=1S/C17H8Cl2F4N2O/c18-12-4-11(5-13(19)6-12)16(17(21,22)23)7-15(25-26-16)9-1-2-10(8-24)14(20)3-9/h1-7,25H. The Morgan fingerprint density at radius 3 is 2.27 bits per heavy atom. The molecular formula is C17H8Cl2F4N2O. The molecule has 1 heterocycles.